The molecule has 1 heterocycles. The Morgan fingerprint density at radius 2 is 2.12 bits per heavy atom. The van der Waals surface area contributed by atoms with Crippen LogP contribution in [0.1, 0.15) is 25.3 Å². The van der Waals surface area contributed by atoms with Crippen molar-refractivity contribution in [2.45, 2.75) is 30.3 Å². The number of esters is 1. The SMILES string of the molecule is CCOC(=O)C1(c2cnc(SC)nc2)CC1. The summed E-state index contributed by atoms with van der Waals surface area (Å²) in [5, 5.41) is 0.725. The van der Waals surface area contributed by atoms with Gasteiger partial charge in [0.2, 0.25) is 0 Å². The van der Waals surface area contributed by atoms with Gasteiger partial charge < -0.3 is 4.74 Å². The lowest BCUT2D eigenvalue weighted by Crippen LogP contribution is -2.23. The van der Waals surface area contributed by atoms with Crippen LogP contribution in [0.3, 0.4) is 0 Å². The van der Waals surface area contributed by atoms with E-state index < -0.39 is 5.41 Å². The molecule has 86 valence electrons. The van der Waals surface area contributed by atoms with Gasteiger partial charge in [-0.3, -0.25) is 4.79 Å². The molecule has 0 radical (unpaired) electrons. The third-order valence-electron chi connectivity index (χ3n) is 2.78. The van der Waals surface area contributed by atoms with E-state index in [1.807, 2.05) is 13.2 Å². The fourth-order valence-electron chi connectivity index (χ4n) is 1.67. The number of rotatable bonds is 4. The first kappa shape index (κ1) is 11.4. The quantitative estimate of drug-likeness (QED) is 0.455. The Morgan fingerprint density at radius 3 is 2.56 bits per heavy atom. The Morgan fingerprint density at radius 1 is 1.50 bits per heavy atom. The number of nitrogens with zero attached hydrogens (tertiary/aromatic N) is 2. The summed E-state index contributed by atoms with van der Waals surface area (Å²) in [5.74, 6) is -0.143. The maximum atomic E-state index is 11.8. The van der Waals surface area contributed by atoms with Crippen LogP contribution in [0.4, 0.5) is 0 Å². The van der Waals surface area contributed by atoms with Crippen LogP contribution < -0.4 is 0 Å². The van der Waals surface area contributed by atoms with E-state index >= 15 is 0 Å². The molecular weight excluding hydrogens is 224 g/mol. The molecule has 4 nitrogen and oxygen atoms in total. The van der Waals surface area contributed by atoms with E-state index in [1.165, 1.54) is 11.8 Å². The first-order chi connectivity index (χ1) is 7.73. The third-order valence-corrected chi connectivity index (χ3v) is 3.36. The van der Waals surface area contributed by atoms with Crippen LogP contribution in [0.5, 0.6) is 0 Å². The molecule has 0 unspecified atom stereocenters. The predicted octanol–water partition coefficient (Wildman–Crippen LogP) is 1.79. The van der Waals surface area contributed by atoms with Gasteiger partial charge in [-0.1, -0.05) is 11.8 Å². The summed E-state index contributed by atoms with van der Waals surface area (Å²) in [7, 11) is 0. The lowest BCUT2D eigenvalue weighted by molar-refractivity contribution is -0.146. The molecule has 1 aromatic heterocycles. The number of aromatic nitrogens is 2. The van der Waals surface area contributed by atoms with Crippen molar-refractivity contribution in [2.75, 3.05) is 12.9 Å². The van der Waals surface area contributed by atoms with Crippen LogP contribution in [0.2, 0.25) is 0 Å². The Bertz CT molecular complexity index is 387. The smallest absolute Gasteiger partial charge is 0.316 e. The van der Waals surface area contributed by atoms with Gasteiger partial charge >= 0.3 is 5.97 Å². The van der Waals surface area contributed by atoms with Crippen LogP contribution in [0.15, 0.2) is 17.6 Å². The van der Waals surface area contributed by atoms with Crippen molar-refractivity contribution >= 4 is 17.7 Å². The summed E-state index contributed by atoms with van der Waals surface area (Å²) >= 11 is 1.49. The van der Waals surface area contributed by atoms with Crippen molar-refractivity contribution in [3.8, 4) is 0 Å². The Kier molecular flexibility index (Phi) is 3.14. The molecule has 0 N–H and O–H groups in total. The summed E-state index contributed by atoms with van der Waals surface area (Å²) < 4.78 is 5.08. The van der Waals surface area contributed by atoms with Crippen molar-refractivity contribution < 1.29 is 9.53 Å². The van der Waals surface area contributed by atoms with Gasteiger partial charge in [-0.2, -0.15) is 0 Å². The first-order valence-electron chi connectivity index (χ1n) is 5.26. The van der Waals surface area contributed by atoms with Gasteiger partial charge in [0.05, 0.1) is 12.0 Å². The second-order valence-corrected chi connectivity index (χ2v) is 4.53. The average Bonchev–Trinajstić information content (AvgIpc) is 3.11. The Hall–Kier alpha value is -1.10. The van der Waals surface area contributed by atoms with Crippen LogP contribution in [-0.2, 0) is 14.9 Å². The first-order valence-corrected chi connectivity index (χ1v) is 6.49. The molecule has 0 spiro atoms. The zero-order valence-corrected chi connectivity index (χ0v) is 10.2. The molecule has 0 saturated heterocycles. The number of carbonyl (C=O) groups is 1. The molecule has 2 rings (SSSR count). The highest BCUT2D eigenvalue weighted by Crippen LogP contribution is 2.48. The molecule has 1 aliphatic rings. The Labute approximate surface area is 98.8 Å². The summed E-state index contributed by atoms with van der Waals surface area (Å²) in [6, 6.07) is 0. The van der Waals surface area contributed by atoms with Gasteiger partial charge in [-0.05, 0) is 26.0 Å². The van der Waals surface area contributed by atoms with Crippen LogP contribution in [0, 0.1) is 0 Å². The maximum Gasteiger partial charge on any atom is 0.316 e. The molecule has 1 aromatic rings. The van der Waals surface area contributed by atoms with Gasteiger partial charge in [0.15, 0.2) is 5.16 Å². The molecule has 16 heavy (non-hydrogen) atoms. The van der Waals surface area contributed by atoms with E-state index in [0.717, 1.165) is 23.6 Å². The monoisotopic (exact) mass is 238 g/mol. The van der Waals surface area contributed by atoms with E-state index in [2.05, 4.69) is 9.97 Å². The van der Waals surface area contributed by atoms with Gasteiger partial charge in [0.1, 0.15) is 0 Å². The Balaban J connectivity index is 2.19. The van der Waals surface area contributed by atoms with Crippen molar-refractivity contribution in [1.29, 1.82) is 0 Å². The highest BCUT2D eigenvalue weighted by Gasteiger charge is 2.53. The van der Waals surface area contributed by atoms with Crippen LogP contribution in [-0.4, -0.2) is 28.8 Å². The summed E-state index contributed by atoms with van der Waals surface area (Å²) in [4.78, 5) is 20.2. The number of ether oxygens (including phenoxy) is 1. The second kappa shape index (κ2) is 4.41. The van der Waals surface area contributed by atoms with E-state index in [9.17, 15) is 4.79 Å². The lowest BCUT2D eigenvalue weighted by atomic mass is 10.00. The zero-order valence-electron chi connectivity index (χ0n) is 9.40. The number of thioether (sulfide) groups is 1. The van der Waals surface area contributed by atoms with E-state index in [-0.39, 0.29) is 5.97 Å². The minimum atomic E-state index is -0.451. The van der Waals surface area contributed by atoms with Gasteiger partial charge in [-0.15, -0.1) is 0 Å². The highest BCUT2D eigenvalue weighted by molar-refractivity contribution is 7.98. The normalized spacial score (nSPS) is 16.9. The summed E-state index contributed by atoms with van der Waals surface area (Å²) in [6.45, 7) is 2.24. The molecule has 0 aromatic carbocycles. The molecule has 0 aliphatic heterocycles. The lowest BCUT2D eigenvalue weighted by Gasteiger charge is -2.13. The van der Waals surface area contributed by atoms with Gasteiger partial charge in [0, 0.05) is 18.0 Å². The van der Waals surface area contributed by atoms with Crippen LogP contribution in [0.25, 0.3) is 0 Å². The van der Waals surface area contributed by atoms with E-state index in [0.29, 0.717) is 6.61 Å². The molecule has 1 saturated carbocycles. The number of hydrogen-bond donors (Lipinski definition) is 0. The van der Waals surface area contributed by atoms with Crippen molar-refractivity contribution in [1.82, 2.24) is 9.97 Å². The molecule has 0 atom stereocenters. The van der Waals surface area contributed by atoms with Crippen molar-refractivity contribution in [2.24, 2.45) is 0 Å². The third kappa shape index (κ3) is 1.91. The highest BCUT2D eigenvalue weighted by atomic mass is 32.2. The molecular formula is C11H14N2O2S. The van der Waals surface area contributed by atoms with E-state index in [1.54, 1.807) is 12.4 Å². The molecule has 5 heteroatoms. The maximum absolute atomic E-state index is 11.8. The minimum Gasteiger partial charge on any atom is -0.465 e. The molecule has 0 bridgehead atoms. The zero-order chi connectivity index (χ0) is 11.6. The molecule has 0 amide bonds. The topological polar surface area (TPSA) is 52.1 Å². The van der Waals surface area contributed by atoms with Gasteiger partial charge in [-0.25, -0.2) is 9.97 Å². The predicted molar refractivity (Wildman–Crippen MR) is 61.4 cm³/mol. The fourth-order valence-corrected chi connectivity index (χ4v) is 1.99. The fraction of sp³-hybridized carbons (Fsp3) is 0.545. The second-order valence-electron chi connectivity index (χ2n) is 3.76. The molecule has 1 fully saturated rings. The van der Waals surface area contributed by atoms with Gasteiger partial charge in [0.25, 0.3) is 0 Å². The number of hydrogen-bond acceptors (Lipinski definition) is 5. The van der Waals surface area contributed by atoms with Crippen molar-refractivity contribution in [3.05, 3.63) is 18.0 Å². The number of carbonyl (C=O) groups excluding carboxylic acids is 1. The van der Waals surface area contributed by atoms with E-state index in [4.69, 9.17) is 4.74 Å². The van der Waals surface area contributed by atoms with Crippen LogP contribution >= 0.6 is 11.8 Å². The largest absolute Gasteiger partial charge is 0.465 e. The summed E-state index contributed by atoms with van der Waals surface area (Å²) in [6.07, 6.45) is 7.08. The summed E-state index contributed by atoms with van der Waals surface area (Å²) in [5.41, 5.74) is 0.427. The molecule has 1 aliphatic carbocycles. The standard InChI is InChI=1S/C11H14N2O2S/c1-3-15-9(14)11(4-5-11)8-6-12-10(16-2)13-7-8/h6-7H,3-5H2,1-2H3. The average molecular weight is 238 g/mol. The minimum absolute atomic E-state index is 0.143. The van der Waals surface area contributed by atoms with Crippen molar-refractivity contribution in [3.63, 3.8) is 0 Å².